The molecule has 1 aromatic rings. The zero-order valence-corrected chi connectivity index (χ0v) is 11.8. The molecular formula is C12H22N4S. The molecule has 0 aliphatic heterocycles. The fourth-order valence-electron chi connectivity index (χ4n) is 1.69. The van der Waals surface area contributed by atoms with Crippen LogP contribution in [0.3, 0.4) is 0 Å². The molecule has 1 aromatic heterocycles. The smallest absolute Gasteiger partial charge is 0.135 e. The number of anilines is 2. The summed E-state index contributed by atoms with van der Waals surface area (Å²) in [6.45, 7) is 6.37. The summed E-state index contributed by atoms with van der Waals surface area (Å²) in [7, 11) is 0. The molecule has 0 amide bonds. The van der Waals surface area contributed by atoms with Crippen molar-refractivity contribution in [2.75, 3.05) is 23.1 Å². The Hall–Kier alpha value is -0.970. The van der Waals surface area contributed by atoms with Crippen molar-refractivity contribution in [1.82, 2.24) is 9.97 Å². The van der Waals surface area contributed by atoms with Crippen LogP contribution >= 0.6 is 11.8 Å². The van der Waals surface area contributed by atoms with Gasteiger partial charge in [-0.2, -0.15) is 11.8 Å². The first-order valence-corrected chi connectivity index (χ1v) is 7.31. The molecule has 0 aliphatic rings. The van der Waals surface area contributed by atoms with Crippen molar-refractivity contribution in [3.63, 3.8) is 0 Å². The average molecular weight is 254 g/mol. The van der Waals surface area contributed by atoms with Crippen molar-refractivity contribution in [2.24, 2.45) is 0 Å². The highest BCUT2D eigenvalue weighted by Gasteiger charge is 2.14. The van der Waals surface area contributed by atoms with E-state index in [1.54, 1.807) is 0 Å². The molecule has 1 rings (SSSR count). The van der Waals surface area contributed by atoms with Crippen LogP contribution in [-0.2, 0) is 0 Å². The molecule has 3 N–H and O–H groups in total. The molecule has 5 heteroatoms. The number of rotatable bonds is 6. The van der Waals surface area contributed by atoms with E-state index in [2.05, 4.69) is 42.3 Å². The van der Waals surface area contributed by atoms with Gasteiger partial charge in [-0.05, 0) is 31.3 Å². The first-order valence-electron chi connectivity index (χ1n) is 5.92. The normalized spacial score (nSPS) is 12.8. The molecule has 4 nitrogen and oxygen atoms in total. The number of nitrogens with zero attached hydrogens (tertiary/aromatic N) is 2. The van der Waals surface area contributed by atoms with Crippen LogP contribution in [0.4, 0.5) is 11.6 Å². The van der Waals surface area contributed by atoms with Crippen LogP contribution in [0.15, 0.2) is 6.33 Å². The van der Waals surface area contributed by atoms with E-state index in [0.717, 1.165) is 23.6 Å². The molecule has 96 valence electrons. The molecule has 0 saturated heterocycles. The second kappa shape index (κ2) is 6.69. The number of hydrogen-bond donors (Lipinski definition) is 2. The summed E-state index contributed by atoms with van der Waals surface area (Å²) in [5, 5.41) is 3.42. The molecule has 0 saturated carbocycles. The lowest BCUT2D eigenvalue weighted by molar-refractivity contribution is 0.756. The Kier molecular flexibility index (Phi) is 5.55. The Morgan fingerprint density at radius 3 is 2.65 bits per heavy atom. The lowest BCUT2D eigenvalue weighted by Gasteiger charge is -2.19. The second-order valence-electron chi connectivity index (χ2n) is 4.50. The Morgan fingerprint density at radius 2 is 2.06 bits per heavy atom. The fourth-order valence-corrected chi connectivity index (χ4v) is 2.28. The van der Waals surface area contributed by atoms with E-state index in [9.17, 15) is 0 Å². The van der Waals surface area contributed by atoms with Crippen molar-refractivity contribution in [3.05, 3.63) is 11.9 Å². The quantitative estimate of drug-likeness (QED) is 0.817. The largest absolute Gasteiger partial charge is 0.383 e. The SMILES string of the molecule is CSCCC(C)Nc1ncnc(N)c1C(C)C. The van der Waals surface area contributed by atoms with E-state index in [-0.39, 0.29) is 0 Å². The molecule has 1 heterocycles. The molecule has 0 fully saturated rings. The maximum Gasteiger partial charge on any atom is 0.135 e. The molecule has 1 atom stereocenters. The van der Waals surface area contributed by atoms with Crippen LogP contribution in [0.25, 0.3) is 0 Å². The van der Waals surface area contributed by atoms with Crippen LogP contribution in [0.1, 0.15) is 38.7 Å². The molecule has 0 aliphatic carbocycles. The van der Waals surface area contributed by atoms with E-state index in [4.69, 9.17) is 5.73 Å². The Bertz CT molecular complexity index is 354. The maximum atomic E-state index is 5.90. The standard InChI is InChI=1S/C12H22N4S/c1-8(2)10-11(13)14-7-15-12(10)16-9(3)5-6-17-4/h7-9H,5-6H2,1-4H3,(H3,13,14,15,16). The zero-order chi connectivity index (χ0) is 12.8. The second-order valence-corrected chi connectivity index (χ2v) is 5.49. The van der Waals surface area contributed by atoms with Gasteiger partial charge in [0.1, 0.15) is 18.0 Å². The van der Waals surface area contributed by atoms with E-state index in [1.807, 2.05) is 11.8 Å². The van der Waals surface area contributed by atoms with Gasteiger partial charge in [-0.25, -0.2) is 9.97 Å². The summed E-state index contributed by atoms with van der Waals surface area (Å²) in [6.07, 6.45) is 4.75. The van der Waals surface area contributed by atoms with Crippen LogP contribution in [0, 0.1) is 0 Å². The minimum atomic E-state index is 0.325. The third-order valence-corrected chi connectivity index (χ3v) is 3.27. The van der Waals surface area contributed by atoms with Crippen LogP contribution in [0.2, 0.25) is 0 Å². The van der Waals surface area contributed by atoms with Gasteiger partial charge >= 0.3 is 0 Å². The van der Waals surface area contributed by atoms with E-state index in [0.29, 0.717) is 17.8 Å². The summed E-state index contributed by atoms with van der Waals surface area (Å²) in [5.41, 5.74) is 6.92. The van der Waals surface area contributed by atoms with Crippen LogP contribution in [-0.4, -0.2) is 28.0 Å². The first-order chi connectivity index (χ1) is 8.06. The minimum Gasteiger partial charge on any atom is -0.383 e. The highest BCUT2D eigenvalue weighted by atomic mass is 32.2. The summed E-state index contributed by atoms with van der Waals surface area (Å²) < 4.78 is 0. The average Bonchev–Trinajstić information content (AvgIpc) is 2.25. The van der Waals surface area contributed by atoms with Crippen molar-refractivity contribution in [3.8, 4) is 0 Å². The molecular weight excluding hydrogens is 232 g/mol. The van der Waals surface area contributed by atoms with Crippen LogP contribution in [0.5, 0.6) is 0 Å². The Morgan fingerprint density at radius 1 is 1.35 bits per heavy atom. The number of nitrogen functional groups attached to an aromatic ring is 1. The van der Waals surface area contributed by atoms with Gasteiger partial charge in [0.15, 0.2) is 0 Å². The monoisotopic (exact) mass is 254 g/mol. The summed E-state index contributed by atoms with van der Waals surface area (Å²) in [5.74, 6) is 2.92. The number of aromatic nitrogens is 2. The van der Waals surface area contributed by atoms with Gasteiger partial charge in [-0.15, -0.1) is 0 Å². The Labute approximate surface area is 108 Å². The zero-order valence-electron chi connectivity index (χ0n) is 11.0. The molecule has 0 aromatic carbocycles. The lowest BCUT2D eigenvalue weighted by atomic mass is 10.0. The van der Waals surface area contributed by atoms with Gasteiger partial charge in [0.05, 0.1) is 0 Å². The van der Waals surface area contributed by atoms with E-state index >= 15 is 0 Å². The van der Waals surface area contributed by atoms with Crippen LogP contribution < -0.4 is 11.1 Å². The summed E-state index contributed by atoms with van der Waals surface area (Å²) in [6, 6.07) is 0.397. The van der Waals surface area contributed by atoms with Gasteiger partial charge in [-0.1, -0.05) is 13.8 Å². The van der Waals surface area contributed by atoms with Gasteiger partial charge in [0.2, 0.25) is 0 Å². The number of nitrogens with one attached hydrogen (secondary N) is 1. The van der Waals surface area contributed by atoms with Gasteiger partial charge in [-0.3, -0.25) is 0 Å². The lowest BCUT2D eigenvalue weighted by Crippen LogP contribution is -2.19. The predicted molar refractivity (Wildman–Crippen MR) is 76.6 cm³/mol. The van der Waals surface area contributed by atoms with Crippen molar-refractivity contribution in [2.45, 2.75) is 39.2 Å². The fraction of sp³-hybridized carbons (Fsp3) is 0.667. The van der Waals surface area contributed by atoms with E-state index in [1.165, 1.54) is 6.33 Å². The minimum absolute atomic E-state index is 0.325. The van der Waals surface area contributed by atoms with Gasteiger partial charge in [0, 0.05) is 11.6 Å². The molecule has 0 radical (unpaired) electrons. The maximum absolute atomic E-state index is 5.90. The first kappa shape index (κ1) is 14.1. The van der Waals surface area contributed by atoms with Crippen molar-refractivity contribution < 1.29 is 0 Å². The molecule has 1 unspecified atom stereocenters. The Balaban J connectivity index is 2.79. The van der Waals surface area contributed by atoms with Crippen molar-refractivity contribution >= 4 is 23.4 Å². The third kappa shape index (κ3) is 4.07. The number of hydrogen-bond acceptors (Lipinski definition) is 5. The molecule has 0 bridgehead atoms. The summed E-state index contributed by atoms with van der Waals surface area (Å²) in [4.78, 5) is 8.35. The molecule has 17 heavy (non-hydrogen) atoms. The highest BCUT2D eigenvalue weighted by molar-refractivity contribution is 7.98. The van der Waals surface area contributed by atoms with E-state index < -0.39 is 0 Å². The highest BCUT2D eigenvalue weighted by Crippen LogP contribution is 2.26. The van der Waals surface area contributed by atoms with Gasteiger partial charge < -0.3 is 11.1 Å². The predicted octanol–water partition coefficient (Wildman–Crippen LogP) is 2.74. The number of thioether (sulfide) groups is 1. The van der Waals surface area contributed by atoms with Crippen molar-refractivity contribution in [1.29, 1.82) is 0 Å². The van der Waals surface area contributed by atoms with Gasteiger partial charge in [0.25, 0.3) is 0 Å². The summed E-state index contributed by atoms with van der Waals surface area (Å²) >= 11 is 1.86. The third-order valence-electron chi connectivity index (χ3n) is 2.63. The number of nitrogens with two attached hydrogens (primary N) is 1. The topological polar surface area (TPSA) is 63.8 Å². The molecule has 0 spiro atoms.